The maximum atomic E-state index is 13.9. The molecular weight excluding hydrogens is 464 g/mol. The van der Waals surface area contributed by atoms with E-state index in [9.17, 15) is 8.78 Å². The fourth-order valence-electron chi connectivity index (χ4n) is 6.27. The maximum Gasteiger partial charge on any atom is 0.249 e. The van der Waals surface area contributed by atoms with Crippen molar-refractivity contribution in [2.24, 2.45) is 5.92 Å². The third kappa shape index (κ3) is 4.55. The van der Waals surface area contributed by atoms with Crippen molar-refractivity contribution < 1.29 is 8.78 Å². The first-order valence-corrected chi connectivity index (χ1v) is 13.2. The second kappa shape index (κ2) is 9.16. The number of aromatic nitrogens is 3. The minimum absolute atomic E-state index is 0.115. The Kier molecular flexibility index (Phi) is 6.00. The highest BCUT2D eigenvalue weighted by molar-refractivity contribution is 6.31. The first-order chi connectivity index (χ1) is 17.0. The number of hydrogen-bond donors (Lipinski definition) is 0. The van der Waals surface area contributed by atoms with Crippen molar-refractivity contribution >= 4 is 33.5 Å². The molecule has 2 aliphatic carbocycles. The Bertz CT molecular complexity index is 1340. The molecular formula is C29H30ClF2N3. The number of halogens is 3. The van der Waals surface area contributed by atoms with Crippen molar-refractivity contribution in [2.75, 3.05) is 0 Å². The number of benzene rings is 2. The molecule has 0 bridgehead atoms. The van der Waals surface area contributed by atoms with Gasteiger partial charge in [0.15, 0.2) is 0 Å². The van der Waals surface area contributed by atoms with Crippen LogP contribution in [-0.2, 0) is 6.42 Å². The fourth-order valence-corrected chi connectivity index (χ4v) is 6.44. The number of fused-ring (bicyclic) bond motifs is 3. The minimum atomic E-state index is -2.58. The quantitative estimate of drug-likeness (QED) is 0.269. The lowest BCUT2D eigenvalue weighted by Crippen LogP contribution is -2.36. The molecule has 0 saturated heterocycles. The molecule has 6 heteroatoms. The van der Waals surface area contributed by atoms with Gasteiger partial charge in [0, 0.05) is 35.2 Å². The molecule has 0 amide bonds. The summed E-state index contributed by atoms with van der Waals surface area (Å²) >= 11 is 6.38. The van der Waals surface area contributed by atoms with Gasteiger partial charge in [-0.25, -0.2) is 13.8 Å². The van der Waals surface area contributed by atoms with Crippen LogP contribution in [0.1, 0.15) is 74.7 Å². The summed E-state index contributed by atoms with van der Waals surface area (Å²) in [6, 6.07) is 16.7. The van der Waals surface area contributed by atoms with Gasteiger partial charge >= 0.3 is 0 Å². The molecule has 2 aromatic heterocycles. The zero-order chi connectivity index (χ0) is 24.0. The van der Waals surface area contributed by atoms with Crippen molar-refractivity contribution in [3.63, 3.8) is 0 Å². The maximum absolute atomic E-state index is 13.9. The van der Waals surface area contributed by atoms with Crippen LogP contribution in [0.5, 0.6) is 0 Å². The van der Waals surface area contributed by atoms with Gasteiger partial charge in [-0.3, -0.25) is 4.98 Å². The molecule has 0 aliphatic heterocycles. The number of rotatable bonds is 6. The van der Waals surface area contributed by atoms with E-state index in [0.29, 0.717) is 10.9 Å². The number of hydrogen-bond acceptors (Lipinski definition) is 2. The minimum Gasteiger partial charge on any atom is -0.324 e. The van der Waals surface area contributed by atoms with Crippen LogP contribution >= 0.6 is 11.6 Å². The van der Waals surface area contributed by atoms with Crippen LogP contribution in [0.25, 0.3) is 21.9 Å². The number of nitrogens with zero attached hydrogens (tertiary/aromatic N) is 3. The van der Waals surface area contributed by atoms with Crippen LogP contribution in [0.15, 0.2) is 54.7 Å². The van der Waals surface area contributed by atoms with Crippen LogP contribution in [0.3, 0.4) is 0 Å². The summed E-state index contributed by atoms with van der Waals surface area (Å²) in [5.41, 5.74) is 4.06. The molecule has 2 aliphatic rings. The first-order valence-electron chi connectivity index (χ1n) is 12.8. The summed E-state index contributed by atoms with van der Waals surface area (Å²) in [5, 5.41) is 1.62. The highest BCUT2D eigenvalue weighted by Crippen LogP contribution is 2.50. The van der Waals surface area contributed by atoms with Gasteiger partial charge < -0.3 is 4.57 Å². The highest BCUT2D eigenvalue weighted by Gasteiger charge is 2.48. The van der Waals surface area contributed by atoms with Gasteiger partial charge in [0.1, 0.15) is 11.3 Å². The van der Waals surface area contributed by atoms with Gasteiger partial charge in [-0.05, 0) is 55.4 Å². The van der Waals surface area contributed by atoms with Gasteiger partial charge in [-0.1, -0.05) is 61.2 Å². The Balaban J connectivity index is 1.32. The third-order valence-corrected chi connectivity index (χ3v) is 8.24. The van der Waals surface area contributed by atoms with Crippen LogP contribution in [0, 0.1) is 5.92 Å². The molecule has 0 N–H and O–H groups in total. The Morgan fingerprint density at radius 1 is 1.03 bits per heavy atom. The summed E-state index contributed by atoms with van der Waals surface area (Å²) in [6.45, 7) is 0. The largest absolute Gasteiger partial charge is 0.324 e. The molecule has 35 heavy (non-hydrogen) atoms. The second-order valence-corrected chi connectivity index (χ2v) is 11.0. The molecule has 6 rings (SSSR count). The summed E-state index contributed by atoms with van der Waals surface area (Å²) in [4.78, 5) is 9.49. The second-order valence-electron chi connectivity index (χ2n) is 10.5. The van der Waals surface area contributed by atoms with Crippen molar-refractivity contribution in [3.05, 3.63) is 71.1 Å². The monoisotopic (exact) mass is 493 g/mol. The lowest BCUT2D eigenvalue weighted by atomic mass is 9.79. The van der Waals surface area contributed by atoms with Gasteiger partial charge in [-0.2, -0.15) is 0 Å². The third-order valence-electron chi connectivity index (χ3n) is 8.00. The van der Waals surface area contributed by atoms with Crippen LogP contribution < -0.4 is 0 Å². The average molecular weight is 494 g/mol. The van der Waals surface area contributed by atoms with Crippen molar-refractivity contribution in [1.29, 1.82) is 0 Å². The zero-order valence-corrected chi connectivity index (χ0v) is 20.5. The fraction of sp³-hybridized carbons (Fsp3) is 0.448. The lowest BCUT2D eigenvalue weighted by molar-refractivity contribution is -0.0893. The normalized spacial score (nSPS) is 22.5. The first kappa shape index (κ1) is 22.9. The van der Waals surface area contributed by atoms with Crippen LogP contribution in [0.2, 0.25) is 5.02 Å². The zero-order valence-electron chi connectivity index (χ0n) is 19.8. The molecule has 182 valence electrons. The molecule has 2 atom stereocenters. The molecule has 0 radical (unpaired) electrons. The summed E-state index contributed by atoms with van der Waals surface area (Å²) in [5.74, 6) is -1.33. The SMILES string of the molecule is FC1(F)CC(c2nc3cnc4ccc(Cl)cc4c3n2C2CCCC(CCCc3ccccc3)C2)C1. The molecule has 3 nitrogen and oxygen atoms in total. The van der Waals surface area contributed by atoms with E-state index in [0.717, 1.165) is 53.4 Å². The number of pyridine rings is 1. The Morgan fingerprint density at radius 2 is 1.86 bits per heavy atom. The Morgan fingerprint density at radius 3 is 2.66 bits per heavy atom. The predicted octanol–water partition coefficient (Wildman–Crippen LogP) is 8.50. The van der Waals surface area contributed by atoms with Gasteiger partial charge in [0.05, 0.1) is 17.2 Å². The topological polar surface area (TPSA) is 30.7 Å². The molecule has 2 unspecified atom stereocenters. The van der Waals surface area contributed by atoms with Crippen molar-refractivity contribution in [2.45, 2.75) is 75.7 Å². The van der Waals surface area contributed by atoms with Crippen molar-refractivity contribution in [1.82, 2.24) is 14.5 Å². The molecule has 2 heterocycles. The van der Waals surface area contributed by atoms with Gasteiger partial charge in [0.25, 0.3) is 0 Å². The summed E-state index contributed by atoms with van der Waals surface area (Å²) < 4.78 is 30.1. The molecule has 0 spiro atoms. The van der Waals surface area contributed by atoms with E-state index in [2.05, 4.69) is 39.9 Å². The standard InChI is InChI=1S/C29H30ClF2N3/c30-22-12-13-25-24(15-22)27-26(18-33-25)34-28(21-16-29(31,32)17-21)35(27)23-11-5-10-20(14-23)9-4-8-19-6-2-1-3-7-19/h1-3,6-7,12-13,15,18,20-21,23H,4-5,8-11,14,16-17H2. The van der Waals surface area contributed by atoms with Gasteiger partial charge in [0.2, 0.25) is 5.92 Å². The summed E-state index contributed by atoms with van der Waals surface area (Å²) in [6.07, 6.45) is 9.56. The Labute approximate surface area is 209 Å². The molecule has 2 aromatic carbocycles. The number of aryl methyl sites for hydroxylation is 1. The number of alkyl halides is 2. The van der Waals surface area contributed by atoms with E-state index in [-0.39, 0.29) is 24.8 Å². The predicted molar refractivity (Wildman–Crippen MR) is 137 cm³/mol. The lowest BCUT2D eigenvalue weighted by Gasteiger charge is -2.37. The van der Waals surface area contributed by atoms with E-state index in [1.54, 1.807) is 6.20 Å². The van der Waals surface area contributed by atoms with E-state index in [1.807, 2.05) is 18.2 Å². The van der Waals surface area contributed by atoms with E-state index < -0.39 is 5.92 Å². The van der Waals surface area contributed by atoms with Gasteiger partial charge in [-0.15, -0.1) is 0 Å². The van der Waals surface area contributed by atoms with Crippen LogP contribution in [-0.4, -0.2) is 20.5 Å². The van der Waals surface area contributed by atoms with Crippen LogP contribution in [0.4, 0.5) is 8.78 Å². The summed E-state index contributed by atoms with van der Waals surface area (Å²) in [7, 11) is 0. The average Bonchev–Trinajstić information content (AvgIpc) is 3.23. The van der Waals surface area contributed by atoms with E-state index >= 15 is 0 Å². The smallest absolute Gasteiger partial charge is 0.249 e. The molecule has 4 aromatic rings. The highest BCUT2D eigenvalue weighted by atomic mass is 35.5. The molecule has 2 fully saturated rings. The number of imidazole rings is 1. The van der Waals surface area contributed by atoms with E-state index in [4.69, 9.17) is 16.6 Å². The van der Waals surface area contributed by atoms with E-state index in [1.165, 1.54) is 24.8 Å². The Hall–Kier alpha value is -2.53. The van der Waals surface area contributed by atoms with Crippen molar-refractivity contribution in [3.8, 4) is 0 Å². The molecule has 2 saturated carbocycles.